The monoisotopic (exact) mass is 240 g/mol. The van der Waals surface area contributed by atoms with Crippen LogP contribution in [0.15, 0.2) is 0 Å². The van der Waals surface area contributed by atoms with E-state index in [0.717, 1.165) is 31.3 Å². The lowest BCUT2D eigenvalue weighted by Gasteiger charge is -2.35. The van der Waals surface area contributed by atoms with E-state index in [1.807, 2.05) is 0 Å². The molecule has 1 aliphatic heterocycles. The zero-order valence-electron chi connectivity index (χ0n) is 11.4. The summed E-state index contributed by atoms with van der Waals surface area (Å²) >= 11 is 0. The Balaban J connectivity index is 1.70. The second kappa shape index (κ2) is 6.19. The van der Waals surface area contributed by atoms with E-state index in [1.54, 1.807) is 0 Å². The molecule has 0 aromatic carbocycles. The van der Waals surface area contributed by atoms with Crippen molar-refractivity contribution in [1.29, 1.82) is 0 Å². The van der Waals surface area contributed by atoms with Crippen LogP contribution in [0.1, 0.15) is 58.8 Å². The molecule has 2 heteroatoms. The van der Waals surface area contributed by atoms with Crippen molar-refractivity contribution < 1.29 is 9.84 Å². The molecule has 2 fully saturated rings. The van der Waals surface area contributed by atoms with Gasteiger partial charge in [-0.1, -0.05) is 20.3 Å². The second-order valence-electron chi connectivity index (χ2n) is 6.31. The number of hydrogen-bond acceptors (Lipinski definition) is 2. The highest BCUT2D eigenvalue weighted by atomic mass is 16.5. The lowest BCUT2D eigenvalue weighted by atomic mass is 9.73. The summed E-state index contributed by atoms with van der Waals surface area (Å²) in [5.41, 5.74) is 0. The van der Waals surface area contributed by atoms with Crippen LogP contribution in [0.2, 0.25) is 0 Å². The molecule has 100 valence electrons. The van der Waals surface area contributed by atoms with Gasteiger partial charge in [0.25, 0.3) is 0 Å². The van der Waals surface area contributed by atoms with Crippen molar-refractivity contribution in [3.05, 3.63) is 0 Å². The lowest BCUT2D eigenvalue weighted by Crippen LogP contribution is -2.30. The first kappa shape index (κ1) is 13.4. The van der Waals surface area contributed by atoms with Crippen LogP contribution in [0.25, 0.3) is 0 Å². The van der Waals surface area contributed by atoms with Crippen LogP contribution in [0.3, 0.4) is 0 Å². The zero-order chi connectivity index (χ0) is 12.3. The maximum absolute atomic E-state index is 10.3. The summed E-state index contributed by atoms with van der Waals surface area (Å²) in [4.78, 5) is 0. The van der Waals surface area contributed by atoms with Gasteiger partial charge in [0.1, 0.15) is 0 Å². The Labute approximate surface area is 106 Å². The molecule has 1 heterocycles. The number of hydrogen-bond donors (Lipinski definition) is 1. The van der Waals surface area contributed by atoms with Gasteiger partial charge in [-0.15, -0.1) is 0 Å². The van der Waals surface area contributed by atoms with E-state index >= 15 is 0 Å². The van der Waals surface area contributed by atoms with Crippen molar-refractivity contribution in [2.45, 2.75) is 71.0 Å². The van der Waals surface area contributed by atoms with Crippen LogP contribution >= 0.6 is 0 Å². The molecule has 1 aliphatic carbocycles. The smallest absolute Gasteiger partial charge is 0.0577 e. The molecule has 0 spiro atoms. The quantitative estimate of drug-likeness (QED) is 0.816. The topological polar surface area (TPSA) is 29.5 Å². The highest BCUT2D eigenvalue weighted by Gasteiger charge is 2.29. The van der Waals surface area contributed by atoms with Crippen molar-refractivity contribution >= 4 is 0 Å². The highest BCUT2D eigenvalue weighted by Crippen LogP contribution is 2.36. The molecule has 2 aliphatic rings. The van der Waals surface area contributed by atoms with Gasteiger partial charge in [0.05, 0.1) is 12.2 Å². The van der Waals surface area contributed by atoms with Gasteiger partial charge < -0.3 is 9.84 Å². The fourth-order valence-electron chi connectivity index (χ4n) is 3.40. The lowest BCUT2D eigenvalue weighted by molar-refractivity contribution is 0.0317. The fourth-order valence-corrected chi connectivity index (χ4v) is 3.40. The van der Waals surface area contributed by atoms with Crippen molar-refractivity contribution in [3.63, 3.8) is 0 Å². The Kier molecular flexibility index (Phi) is 4.87. The molecule has 0 bridgehead atoms. The Bertz CT molecular complexity index is 223. The Morgan fingerprint density at radius 2 is 2.00 bits per heavy atom. The molecule has 1 saturated heterocycles. The Morgan fingerprint density at radius 3 is 2.65 bits per heavy atom. The van der Waals surface area contributed by atoms with E-state index in [9.17, 15) is 5.11 Å². The van der Waals surface area contributed by atoms with Crippen LogP contribution in [0, 0.1) is 17.8 Å². The van der Waals surface area contributed by atoms with E-state index in [2.05, 4.69) is 13.8 Å². The number of aliphatic hydroxyl groups excluding tert-OH is 1. The summed E-state index contributed by atoms with van der Waals surface area (Å²) in [6.07, 6.45) is 8.48. The molecule has 1 saturated carbocycles. The third-order valence-corrected chi connectivity index (χ3v) is 4.99. The molecule has 0 aromatic rings. The van der Waals surface area contributed by atoms with Crippen LogP contribution in [0.5, 0.6) is 0 Å². The van der Waals surface area contributed by atoms with Gasteiger partial charge in [-0.2, -0.15) is 0 Å². The van der Waals surface area contributed by atoms with Gasteiger partial charge in [0, 0.05) is 6.61 Å². The molecule has 1 N–H and O–H groups in total. The molecular weight excluding hydrogens is 212 g/mol. The molecule has 0 aromatic heterocycles. The standard InChI is InChI=1S/C15H28O2/c1-11-5-6-13(10-12(11)2)15(16)8-7-14-4-3-9-17-14/h11-16H,3-10H2,1-2H3. The maximum Gasteiger partial charge on any atom is 0.0577 e. The van der Waals surface area contributed by atoms with Crippen molar-refractivity contribution in [2.75, 3.05) is 6.61 Å². The van der Waals surface area contributed by atoms with E-state index in [4.69, 9.17) is 4.74 Å². The van der Waals surface area contributed by atoms with Crippen molar-refractivity contribution in [1.82, 2.24) is 0 Å². The minimum absolute atomic E-state index is 0.0888. The maximum atomic E-state index is 10.3. The molecule has 0 radical (unpaired) electrons. The second-order valence-corrected chi connectivity index (χ2v) is 6.31. The zero-order valence-corrected chi connectivity index (χ0v) is 11.4. The van der Waals surface area contributed by atoms with Gasteiger partial charge in [0.2, 0.25) is 0 Å². The summed E-state index contributed by atoms with van der Waals surface area (Å²) < 4.78 is 5.62. The minimum Gasteiger partial charge on any atom is -0.393 e. The summed E-state index contributed by atoms with van der Waals surface area (Å²) in [6.45, 7) is 5.61. The van der Waals surface area contributed by atoms with Crippen LogP contribution in [-0.2, 0) is 4.74 Å². The third-order valence-electron chi connectivity index (χ3n) is 4.99. The molecule has 5 atom stereocenters. The molecule has 5 unspecified atom stereocenters. The van der Waals surface area contributed by atoms with Gasteiger partial charge in [-0.3, -0.25) is 0 Å². The fraction of sp³-hybridized carbons (Fsp3) is 1.00. The third kappa shape index (κ3) is 3.69. The predicted octanol–water partition coefficient (Wildman–Crippen LogP) is 3.38. The number of aliphatic hydroxyl groups is 1. The first-order chi connectivity index (χ1) is 8.16. The van der Waals surface area contributed by atoms with Crippen LogP contribution in [0.4, 0.5) is 0 Å². The first-order valence-electron chi connectivity index (χ1n) is 7.46. The van der Waals surface area contributed by atoms with E-state index in [0.29, 0.717) is 12.0 Å². The first-order valence-corrected chi connectivity index (χ1v) is 7.46. The molecule has 2 nitrogen and oxygen atoms in total. The predicted molar refractivity (Wildman–Crippen MR) is 69.9 cm³/mol. The van der Waals surface area contributed by atoms with E-state index in [1.165, 1.54) is 32.1 Å². The molecular formula is C15H28O2. The van der Waals surface area contributed by atoms with Crippen molar-refractivity contribution in [2.24, 2.45) is 17.8 Å². The van der Waals surface area contributed by atoms with Crippen LogP contribution < -0.4 is 0 Å². The van der Waals surface area contributed by atoms with Gasteiger partial charge in [0.15, 0.2) is 0 Å². The Morgan fingerprint density at radius 1 is 1.18 bits per heavy atom. The average Bonchev–Trinajstić information content (AvgIpc) is 2.82. The Hall–Kier alpha value is -0.0800. The summed E-state index contributed by atoms with van der Waals surface area (Å²) in [5.74, 6) is 2.17. The largest absolute Gasteiger partial charge is 0.393 e. The molecule has 17 heavy (non-hydrogen) atoms. The summed E-state index contributed by atoms with van der Waals surface area (Å²) in [7, 11) is 0. The SMILES string of the molecule is CC1CCC(C(O)CCC2CCCO2)CC1C. The molecule has 2 rings (SSSR count). The number of rotatable bonds is 4. The van der Waals surface area contributed by atoms with Crippen LogP contribution in [-0.4, -0.2) is 23.9 Å². The van der Waals surface area contributed by atoms with Gasteiger partial charge >= 0.3 is 0 Å². The van der Waals surface area contributed by atoms with Crippen molar-refractivity contribution in [3.8, 4) is 0 Å². The number of ether oxygens (including phenoxy) is 1. The average molecular weight is 240 g/mol. The molecule has 0 amide bonds. The van der Waals surface area contributed by atoms with Gasteiger partial charge in [-0.25, -0.2) is 0 Å². The normalized spacial score (nSPS) is 40.4. The summed E-state index contributed by atoms with van der Waals surface area (Å²) in [6, 6.07) is 0. The highest BCUT2D eigenvalue weighted by molar-refractivity contribution is 4.80. The minimum atomic E-state index is -0.0888. The van der Waals surface area contributed by atoms with E-state index in [-0.39, 0.29) is 6.10 Å². The summed E-state index contributed by atoms with van der Waals surface area (Å²) in [5, 5.41) is 10.3. The van der Waals surface area contributed by atoms with E-state index < -0.39 is 0 Å². The van der Waals surface area contributed by atoms with Gasteiger partial charge in [-0.05, 0) is 56.3 Å².